The van der Waals surface area contributed by atoms with Crippen molar-refractivity contribution in [3.8, 4) is 0 Å². The van der Waals surface area contributed by atoms with Gasteiger partial charge in [-0.25, -0.2) is 0 Å². The van der Waals surface area contributed by atoms with Crippen LogP contribution < -0.4 is 0 Å². The van der Waals surface area contributed by atoms with Crippen molar-refractivity contribution in [1.29, 1.82) is 0 Å². The first-order valence-corrected chi connectivity index (χ1v) is 9.93. The molecule has 2 heterocycles. The van der Waals surface area contributed by atoms with E-state index in [9.17, 15) is 0 Å². The fourth-order valence-electron chi connectivity index (χ4n) is 3.84. The number of nitrogens with zero attached hydrogens (tertiary/aromatic N) is 2. The molecule has 0 bridgehead atoms. The summed E-state index contributed by atoms with van der Waals surface area (Å²) in [4.78, 5) is 4.76. The first kappa shape index (κ1) is 20.9. The summed E-state index contributed by atoms with van der Waals surface area (Å²) in [5.41, 5.74) is 7.73. The largest absolute Gasteiger partial charge is 0.339 e. The molecular formula is C26H27ClN2. The van der Waals surface area contributed by atoms with Crippen molar-refractivity contribution < 1.29 is 0 Å². The highest BCUT2D eigenvalue weighted by Crippen LogP contribution is 2.28. The van der Waals surface area contributed by atoms with Crippen LogP contribution in [0.2, 0.25) is 0 Å². The van der Waals surface area contributed by atoms with E-state index in [4.69, 9.17) is 4.98 Å². The zero-order valence-electron chi connectivity index (χ0n) is 17.0. The molecule has 2 aromatic heterocycles. The Labute approximate surface area is 179 Å². The van der Waals surface area contributed by atoms with E-state index < -0.39 is 0 Å². The van der Waals surface area contributed by atoms with E-state index in [-0.39, 0.29) is 12.4 Å². The minimum atomic E-state index is 0. The molecular weight excluding hydrogens is 376 g/mol. The molecule has 2 nitrogen and oxygen atoms in total. The standard InChI is InChI=1S/C26H26N2.ClH/c1-20-21(2)28(19-9-14-22-10-5-3-6-11-22)26-24(20)17-18-27-25(26)16-15-23-12-7-4-8-13-23;/h3-14,17-18H,15-16,19H2,1-2H3;1H. The highest BCUT2D eigenvalue weighted by Gasteiger charge is 2.14. The van der Waals surface area contributed by atoms with Gasteiger partial charge in [-0.2, -0.15) is 0 Å². The van der Waals surface area contributed by atoms with Gasteiger partial charge in [0, 0.05) is 23.8 Å². The Kier molecular flexibility index (Phi) is 6.90. The molecule has 148 valence electrons. The van der Waals surface area contributed by atoms with E-state index in [2.05, 4.69) is 97.3 Å². The van der Waals surface area contributed by atoms with Crippen LogP contribution in [0.5, 0.6) is 0 Å². The van der Waals surface area contributed by atoms with Gasteiger partial charge >= 0.3 is 0 Å². The van der Waals surface area contributed by atoms with E-state index in [0.717, 1.165) is 19.4 Å². The first-order chi connectivity index (χ1) is 13.7. The predicted molar refractivity (Wildman–Crippen MR) is 126 cm³/mol. The summed E-state index contributed by atoms with van der Waals surface area (Å²) in [6.45, 7) is 5.29. The van der Waals surface area contributed by atoms with Crippen LogP contribution in [0.4, 0.5) is 0 Å². The molecule has 0 saturated heterocycles. The zero-order valence-corrected chi connectivity index (χ0v) is 17.8. The van der Waals surface area contributed by atoms with Gasteiger partial charge in [0.1, 0.15) is 0 Å². The summed E-state index contributed by atoms with van der Waals surface area (Å²) in [5, 5.41) is 1.32. The molecule has 4 aromatic rings. The van der Waals surface area contributed by atoms with Crippen LogP contribution in [0, 0.1) is 13.8 Å². The van der Waals surface area contributed by atoms with Crippen LogP contribution in [0.3, 0.4) is 0 Å². The average molecular weight is 403 g/mol. The highest BCUT2D eigenvalue weighted by atomic mass is 35.5. The fraction of sp³-hybridized carbons (Fsp3) is 0.192. The summed E-state index contributed by atoms with van der Waals surface area (Å²) in [6.07, 6.45) is 8.36. The number of hydrogen-bond acceptors (Lipinski definition) is 1. The van der Waals surface area contributed by atoms with Gasteiger partial charge < -0.3 is 4.57 Å². The van der Waals surface area contributed by atoms with Crippen molar-refractivity contribution in [2.24, 2.45) is 0 Å². The van der Waals surface area contributed by atoms with Gasteiger partial charge in [0.05, 0.1) is 11.2 Å². The molecule has 0 atom stereocenters. The second-order valence-corrected chi connectivity index (χ2v) is 7.27. The minimum absolute atomic E-state index is 0. The molecule has 0 radical (unpaired) electrons. The Hall–Kier alpha value is -2.84. The number of allylic oxidation sites excluding steroid dienone is 1. The van der Waals surface area contributed by atoms with E-state index in [0.29, 0.717) is 0 Å². The van der Waals surface area contributed by atoms with E-state index in [1.807, 2.05) is 6.20 Å². The molecule has 0 N–H and O–H groups in total. The molecule has 0 aliphatic carbocycles. The van der Waals surface area contributed by atoms with E-state index >= 15 is 0 Å². The molecule has 2 aromatic carbocycles. The summed E-state index contributed by atoms with van der Waals surface area (Å²) in [5.74, 6) is 0. The van der Waals surface area contributed by atoms with Crippen molar-refractivity contribution in [1.82, 2.24) is 9.55 Å². The van der Waals surface area contributed by atoms with E-state index in [1.165, 1.54) is 39.0 Å². The number of pyridine rings is 1. The number of fused-ring (bicyclic) bond motifs is 1. The Bertz CT molecular complexity index is 1100. The lowest BCUT2D eigenvalue weighted by Gasteiger charge is -2.09. The first-order valence-electron chi connectivity index (χ1n) is 9.93. The summed E-state index contributed by atoms with van der Waals surface area (Å²) >= 11 is 0. The topological polar surface area (TPSA) is 17.8 Å². The van der Waals surface area contributed by atoms with Crippen molar-refractivity contribution >= 4 is 29.4 Å². The highest BCUT2D eigenvalue weighted by molar-refractivity contribution is 5.87. The molecule has 0 unspecified atom stereocenters. The molecule has 0 spiro atoms. The van der Waals surface area contributed by atoms with Gasteiger partial charge in [-0.15, -0.1) is 12.4 Å². The van der Waals surface area contributed by atoms with Crippen LogP contribution in [0.1, 0.15) is 28.1 Å². The van der Waals surface area contributed by atoms with Gasteiger partial charge in [0.25, 0.3) is 0 Å². The van der Waals surface area contributed by atoms with Crippen LogP contribution in [0.15, 0.2) is 79.0 Å². The third kappa shape index (κ3) is 4.60. The molecule has 0 aliphatic heterocycles. The maximum atomic E-state index is 4.76. The van der Waals surface area contributed by atoms with Gasteiger partial charge in [0.15, 0.2) is 0 Å². The molecule has 4 rings (SSSR count). The normalized spacial score (nSPS) is 11.1. The van der Waals surface area contributed by atoms with Crippen molar-refractivity contribution in [2.75, 3.05) is 0 Å². The van der Waals surface area contributed by atoms with Gasteiger partial charge in [-0.1, -0.05) is 72.8 Å². The summed E-state index contributed by atoms with van der Waals surface area (Å²) in [6, 6.07) is 23.3. The molecule has 0 saturated carbocycles. The van der Waals surface area contributed by atoms with Crippen LogP contribution in [0.25, 0.3) is 17.0 Å². The Morgan fingerprint density at radius 1 is 0.862 bits per heavy atom. The lowest BCUT2D eigenvalue weighted by molar-refractivity contribution is 0.809. The number of halogens is 1. The Morgan fingerprint density at radius 2 is 1.55 bits per heavy atom. The maximum Gasteiger partial charge on any atom is 0.0707 e. The SMILES string of the molecule is Cc1c(C)n(CC=Cc2ccccc2)c2c(CCc3ccccc3)nccc12.Cl. The number of hydrogen-bond donors (Lipinski definition) is 0. The molecule has 3 heteroatoms. The molecule has 0 amide bonds. The molecule has 29 heavy (non-hydrogen) atoms. The van der Waals surface area contributed by atoms with Gasteiger partial charge in [-0.3, -0.25) is 4.98 Å². The van der Waals surface area contributed by atoms with Crippen molar-refractivity contribution in [3.05, 3.63) is 107 Å². The molecule has 0 aliphatic rings. The number of aryl methyl sites for hydroxylation is 3. The Balaban J connectivity index is 0.00000240. The smallest absolute Gasteiger partial charge is 0.0707 e. The van der Waals surface area contributed by atoms with Crippen molar-refractivity contribution in [2.45, 2.75) is 33.2 Å². The van der Waals surface area contributed by atoms with Crippen LogP contribution in [-0.4, -0.2) is 9.55 Å². The third-order valence-electron chi connectivity index (χ3n) is 5.51. The quantitative estimate of drug-likeness (QED) is 0.356. The number of rotatable bonds is 6. The fourth-order valence-corrected chi connectivity index (χ4v) is 3.84. The second-order valence-electron chi connectivity index (χ2n) is 7.27. The molecule has 0 fully saturated rings. The monoisotopic (exact) mass is 402 g/mol. The Morgan fingerprint density at radius 3 is 2.28 bits per heavy atom. The number of benzene rings is 2. The zero-order chi connectivity index (χ0) is 19.3. The van der Waals surface area contributed by atoms with Crippen LogP contribution in [-0.2, 0) is 19.4 Å². The van der Waals surface area contributed by atoms with E-state index in [1.54, 1.807) is 0 Å². The average Bonchev–Trinajstić information content (AvgIpc) is 2.99. The third-order valence-corrected chi connectivity index (χ3v) is 5.51. The second kappa shape index (κ2) is 9.58. The lowest BCUT2D eigenvalue weighted by atomic mass is 10.1. The van der Waals surface area contributed by atoms with Crippen LogP contribution >= 0.6 is 12.4 Å². The van der Waals surface area contributed by atoms with Gasteiger partial charge in [0.2, 0.25) is 0 Å². The van der Waals surface area contributed by atoms with Gasteiger partial charge in [-0.05, 0) is 49.4 Å². The van der Waals surface area contributed by atoms with Crippen molar-refractivity contribution in [3.63, 3.8) is 0 Å². The lowest BCUT2D eigenvalue weighted by Crippen LogP contribution is -2.03. The maximum absolute atomic E-state index is 4.76. The minimum Gasteiger partial charge on any atom is -0.339 e. The number of aromatic nitrogens is 2. The summed E-state index contributed by atoms with van der Waals surface area (Å²) < 4.78 is 2.41. The predicted octanol–water partition coefficient (Wildman–Crippen LogP) is 6.57. The summed E-state index contributed by atoms with van der Waals surface area (Å²) in [7, 11) is 0.